The summed E-state index contributed by atoms with van der Waals surface area (Å²) in [5.41, 5.74) is 0.674. The van der Waals surface area contributed by atoms with Crippen LogP contribution in [0.1, 0.15) is 6.42 Å². The third kappa shape index (κ3) is 4.06. The molecule has 0 aliphatic carbocycles. The van der Waals surface area contributed by atoms with Gasteiger partial charge >= 0.3 is 0 Å². The highest BCUT2D eigenvalue weighted by Crippen LogP contribution is 2.30. The molecule has 1 aromatic carbocycles. The molecule has 2 heterocycles. The number of carbonyl (C=O) groups excluding carboxylic acids is 2. The number of nitrogens with one attached hydrogen (secondary N) is 1. The largest absolute Gasteiger partial charge is 0.379 e. The highest BCUT2D eigenvalue weighted by molar-refractivity contribution is 6.33. The SMILES string of the molecule is O=C(NCCN1CCOCC1)C1CC(=O)N(c2ccccc2Cl)C1. The van der Waals surface area contributed by atoms with Gasteiger partial charge in [0.05, 0.1) is 29.8 Å². The van der Waals surface area contributed by atoms with Gasteiger partial charge in [-0.3, -0.25) is 14.5 Å². The van der Waals surface area contributed by atoms with Gasteiger partial charge in [0.15, 0.2) is 0 Å². The molecule has 0 radical (unpaired) electrons. The minimum Gasteiger partial charge on any atom is -0.379 e. The van der Waals surface area contributed by atoms with Gasteiger partial charge in [-0.2, -0.15) is 0 Å². The fourth-order valence-electron chi connectivity index (χ4n) is 3.09. The predicted molar refractivity (Wildman–Crippen MR) is 92.2 cm³/mol. The van der Waals surface area contributed by atoms with Crippen molar-refractivity contribution >= 4 is 29.1 Å². The van der Waals surface area contributed by atoms with Crippen LogP contribution in [-0.4, -0.2) is 62.7 Å². The second kappa shape index (κ2) is 7.96. The molecule has 130 valence electrons. The Kier molecular flexibility index (Phi) is 5.71. The maximum absolute atomic E-state index is 12.3. The van der Waals surface area contributed by atoms with Crippen molar-refractivity contribution in [1.29, 1.82) is 0 Å². The summed E-state index contributed by atoms with van der Waals surface area (Å²) in [6, 6.07) is 7.21. The zero-order valence-corrected chi connectivity index (χ0v) is 14.3. The van der Waals surface area contributed by atoms with Crippen LogP contribution < -0.4 is 10.2 Å². The number of anilines is 1. The molecule has 7 heteroatoms. The Morgan fingerprint density at radius 3 is 2.79 bits per heavy atom. The van der Waals surface area contributed by atoms with Crippen molar-refractivity contribution in [2.75, 3.05) is 50.8 Å². The normalized spacial score (nSPS) is 22.0. The number of rotatable bonds is 5. The summed E-state index contributed by atoms with van der Waals surface area (Å²) in [6.45, 7) is 5.08. The quantitative estimate of drug-likeness (QED) is 0.864. The molecule has 2 amide bonds. The topological polar surface area (TPSA) is 61.9 Å². The van der Waals surface area contributed by atoms with E-state index in [1.807, 2.05) is 12.1 Å². The first-order valence-corrected chi connectivity index (χ1v) is 8.65. The highest BCUT2D eigenvalue weighted by Gasteiger charge is 2.35. The molecule has 2 aliphatic rings. The van der Waals surface area contributed by atoms with Crippen LogP contribution in [-0.2, 0) is 14.3 Å². The summed E-state index contributed by atoms with van der Waals surface area (Å²) in [6.07, 6.45) is 0.231. The number of hydrogen-bond donors (Lipinski definition) is 1. The minimum absolute atomic E-state index is 0.0589. The van der Waals surface area contributed by atoms with E-state index in [0.717, 1.165) is 32.8 Å². The van der Waals surface area contributed by atoms with E-state index < -0.39 is 0 Å². The van der Waals surface area contributed by atoms with E-state index in [2.05, 4.69) is 10.2 Å². The number of hydrogen-bond acceptors (Lipinski definition) is 4. The van der Waals surface area contributed by atoms with Gasteiger partial charge in [-0.1, -0.05) is 23.7 Å². The van der Waals surface area contributed by atoms with Crippen molar-refractivity contribution < 1.29 is 14.3 Å². The summed E-state index contributed by atoms with van der Waals surface area (Å²) in [7, 11) is 0. The number of amides is 2. The summed E-state index contributed by atoms with van der Waals surface area (Å²) >= 11 is 6.16. The lowest BCUT2D eigenvalue weighted by Crippen LogP contribution is -2.42. The Labute approximate surface area is 146 Å². The van der Waals surface area contributed by atoms with Crippen LogP contribution in [0.3, 0.4) is 0 Å². The van der Waals surface area contributed by atoms with Gasteiger partial charge in [0.2, 0.25) is 11.8 Å². The zero-order chi connectivity index (χ0) is 16.9. The van der Waals surface area contributed by atoms with Gasteiger partial charge in [0.1, 0.15) is 0 Å². The van der Waals surface area contributed by atoms with Gasteiger partial charge in [-0.25, -0.2) is 0 Å². The Balaban J connectivity index is 1.49. The van der Waals surface area contributed by atoms with Crippen LogP contribution in [0.4, 0.5) is 5.69 Å². The van der Waals surface area contributed by atoms with E-state index in [-0.39, 0.29) is 24.2 Å². The van der Waals surface area contributed by atoms with Crippen molar-refractivity contribution in [3.63, 3.8) is 0 Å². The molecule has 0 aromatic heterocycles. The Morgan fingerprint density at radius 1 is 1.29 bits per heavy atom. The second-order valence-electron chi connectivity index (χ2n) is 6.10. The van der Waals surface area contributed by atoms with E-state index >= 15 is 0 Å². The molecular formula is C17H22ClN3O3. The minimum atomic E-state index is -0.321. The van der Waals surface area contributed by atoms with Crippen molar-refractivity contribution in [3.05, 3.63) is 29.3 Å². The lowest BCUT2D eigenvalue weighted by atomic mass is 10.1. The van der Waals surface area contributed by atoms with E-state index in [1.54, 1.807) is 17.0 Å². The zero-order valence-electron chi connectivity index (χ0n) is 13.5. The third-order valence-electron chi connectivity index (χ3n) is 4.47. The van der Waals surface area contributed by atoms with Gasteiger partial charge in [0, 0.05) is 39.1 Å². The standard InChI is InChI=1S/C17H22ClN3O3/c18-14-3-1-2-4-15(14)21-12-13(11-16(21)22)17(23)19-5-6-20-7-9-24-10-8-20/h1-4,13H,5-12H2,(H,19,23). The van der Waals surface area contributed by atoms with Crippen LogP contribution in [0.5, 0.6) is 0 Å². The van der Waals surface area contributed by atoms with Gasteiger partial charge < -0.3 is 15.0 Å². The molecule has 1 atom stereocenters. The Morgan fingerprint density at radius 2 is 2.04 bits per heavy atom. The van der Waals surface area contributed by atoms with Crippen LogP contribution in [0.25, 0.3) is 0 Å². The van der Waals surface area contributed by atoms with Crippen LogP contribution in [0.15, 0.2) is 24.3 Å². The lowest BCUT2D eigenvalue weighted by molar-refractivity contribution is -0.126. The molecule has 1 unspecified atom stereocenters. The van der Waals surface area contributed by atoms with Gasteiger partial charge in [-0.05, 0) is 12.1 Å². The Hall–Kier alpha value is -1.63. The number of morpholine rings is 1. The van der Waals surface area contributed by atoms with E-state index in [0.29, 0.717) is 23.8 Å². The number of halogens is 1. The highest BCUT2D eigenvalue weighted by atomic mass is 35.5. The average molecular weight is 352 g/mol. The molecule has 24 heavy (non-hydrogen) atoms. The number of ether oxygens (including phenoxy) is 1. The number of benzene rings is 1. The number of carbonyl (C=O) groups is 2. The molecule has 0 saturated carbocycles. The van der Waals surface area contributed by atoms with Crippen molar-refractivity contribution in [2.45, 2.75) is 6.42 Å². The maximum atomic E-state index is 12.3. The smallest absolute Gasteiger partial charge is 0.227 e. The van der Waals surface area contributed by atoms with E-state index in [9.17, 15) is 9.59 Å². The fourth-order valence-corrected chi connectivity index (χ4v) is 3.33. The third-order valence-corrected chi connectivity index (χ3v) is 4.79. The lowest BCUT2D eigenvalue weighted by Gasteiger charge is -2.26. The average Bonchev–Trinajstić information content (AvgIpc) is 2.98. The van der Waals surface area contributed by atoms with Crippen molar-refractivity contribution in [3.8, 4) is 0 Å². The summed E-state index contributed by atoms with van der Waals surface area (Å²) < 4.78 is 5.30. The summed E-state index contributed by atoms with van der Waals surface area (Å²) in [5, 5.41) is 3.47. The number of para-hydroxylation sites is 1. The van der Waals surface area contributed by atoms with Crippen LogP contribution >= 0.6 is 11.6 Å². The number of nitrogens with zero attached hydrogens (tertiary/aromatic N) is 2. The Bertz CT molecular complexity index is 604. The van der Waals surface area contributed by atoms with Gasteiger partial charge in [0.25, 0.3) is 0 Å². The van der Waals surface area contributed by atoms with Crippen LogP contribution in [0.2, 0.25) is 5.02 Å². The molecule has 2 aliphatic heterocycles. The molecule has 3 rings (SSSR count). The molecule has 0 bridgehead atoms. The maximum Gasteiger partial charge on any atom is 0.227 e. The first-order chi connectivity index (χ1) is 11.6. The van der Waals surface area contributed by atoms with Crippen molar-refractivity contribution in [2.24, 2.45) is 5.92 Å². The summed E-state index contributed by atoms with van der Waals surface area (Å²) in [4.78, 5) is 28.4. The van der Waals surface area contributed by atoms with E-state index in [4.69, 9.17) is 16.3 Å². The molecular weight excluding hydrogens is 330 g/mol. The molecule has 2 fully saturated rings. The van der Waals surface area contributed by atoms with Crippen LogP contribution in [0, 0.1) is 5.92 Å². The second-order valence-corrected chi connectivity index (χ2v) is 6.51. The first kappa shape index (κ1) is 17.2. The van der Waals surface area contributed by atoms with E-state index in [1.165, 1.54) is 0 Å². The fraction of sp³-hybridized carbons (Fsp3) is 0.529. The molecule has 0 spiro atoms. The summed E-state index contributed by atoms with van der Waals surface area (Å²) in [5.74, 6) is -0.443. The molecule has 1 aromatic rings. The molecule has 6 nitrogen and oxygen atoms in total. The van der Waals surface area contributed by atoms with Gasteiger partial charge in [-0.15, -0.1) is 0 Å². The first-order valence-electron chi connectivity index (χ1n) is 8.28. The monoisotopic (exact) mass is 351 g/mol. The molecule has 1 N–H and O–H groups in total. The van der Waals surface area contributed by atoms with Crippen molar-refractivity contribution in [1.82, 2.24) is 10.2 Å². The molecule has 2 saturated heterocycles. The predicted octanol–water partition coefficient (Wildman–Crippen LogP) is 1.14.